The van der Waals surface area contributed by atoms with Crippen LogP contribution in [0.2, 0.25) is 5.02 Å². The van der Waals surface area contributed by atoms with Crippen molar-refractivity contribution in [3.63, 3.8) is 0 Å². The molecule has 2 aliphatic heterocycles. The lowest BCUT2D eigenvalue weighted by atomic mass is 10.1. The molecule has 0 atom stereocenters. The zero-order valence-corrected chi connectivity index (χ0v) is 24.8. The number of benzene rings is 3. The first-order valence-corrected chi connectivity index (χ1v) is 15.4. The molecule has 0 bridgehead atoms. The van der Waals surface area contributed by atoms with E-state index in [2.05, 4.69) is 72.8 Å². The first kappa shape index (κ1) is 28.6. The first-order chi connectivity index (χ1) is 20.6. The molecule has 3 heterocycles. The van der Waals surface area contributed by atoms with Crippen molar-refractivity contribution < 1.29 is 4.79 Å². The molecule has 6 rings (SSSR count). The Labute approximate surface area is 253 Å². The summed E-state index contributed by atoms with van der Waals surface area (Å²) in [6.45, 7) is 8.35. The number of carbonyl (C=O) groups excluding carboxylic acids is 1. The van der Waals surface area contributed by atoms with Gasteiger partial charge in [0.2, 0.25) is 5.91 Å². The molecular formula is C34H39ClN6O. The van der Waals surface area contributed by atoms with Gasteiger partial charge >= 0.3 is 0 Å². The number of fused-ring (bicyclic) bond motifs is 1. The highest BCUT2D eigenvalue weighted by Crippen LogP contribution is 2.29. The second-order valence-corrected chi connectivity index (χ2v) is 11.9. The molecule has 42 heavy (non-hydrogen) atoms. The molecule has 4 aromatic rings. The van der Waals surface area contributed by atoms with Gasteiger partial charge in [0, 0.05) is 72.9 Å². The van der Waals surface area contributed by atoms with Gasteiger partial charge in [-0.1, -0.05) is 48.4 Å². The zero-order chi connectivity index (χ0) is 28.7. The summed E-state index contributed by atoms with van der Waals surface area (Å²) in [5.74, 6) is 0.0403. The molecule has 8 heteroatoms. The minimum atomic E-state index is 0.0403. The van der Waals surface area contributed by atoms with Gasteiger partial charge in [-0.25, -0.2) is 0 Å². The van der Waals surface area contributed by atoms with Gasteiger partial charge in [0.25, 0.3) is 0 Å². The lowest BCUT2D eigenvalue weighted by molar-refractivity contribution is -0.117. The van der Waals surface area contributed by atoms with Crippen molar-refractivity contribution in [1.29, 1.82) is 0 Å². The summed E-state index contributed by atoms with van der Waals surface area (Å²) in [5, 5.41) is 8.46. The Bertz CT molecular complexity index is 1500. The molecule has 0 saturated carbocycles. The minimum absolute atomic E-state index is 0.0403. The van der Waals surface area contributed by atoms with Crippen LogP contribution in [0.3, 0.4) is 0 Å². The van der Waals surface area contributed by atoms with Gasteiger partial charge < -0.3 is 10.6 Å². The van der Waals surface area contributed by atoms with E-state index >= 15 is 0 Å². The number of nitrogens with one attached hydrogen (secondary N) is 2. The van der Waals surface area contributed by atoms with Gasteiger partial charge in [-0.15, -0.1) is 0 Å². The number of piperidine rings is 1. The number of hydrogen-bond acceptors (Lipinski definition) is 6. The molecule has 7 nitrogen and oxygen atoms in total. The molecule has 218 valence electrons. The van der Waals surface area contributed by atoms with E-state index in [9.17, 15) is 4.79 Å². The third-order valence-corrected chi connectivity index (χ3v) is 8.43. The average Bonchev–Trinajstić information content (AvgIpc) is 2.99. The van der Waals surface area contributed by atoms with Crippen LogP contribution in [-0.2, 0) is 17.9 Å². The third-order valence-electron chi connectivity index (χ3n) is 8.20. The predicted octanol–water partition coefficient (Wildman–Crippen LogP) is 6.37. The van der Waals surface area contributed by atoms with Gasteiger partial charge in [-0.2, -0.15) is 0 Å². The number of rotatable bonds is 9. The quantitative estimate of drug-likeness (QED) is 0.239. The van der Waals surface area contributed by atoms with Crippen molar-refractivity contribution in [3.8, 4) is 0 Å². The molecular weight excluding hydrogens is 544 g/mol. The molecule has 0 radical (unpaired) electrons. The van der Waals surface area contributed by atoms with E-state index in [0.29, 0.717) is 11.6 Å². The lowest BCUT2D eigenvalue weighted by Crippen LogP contribution is -2.45. The summed E-state index contributed by atoms with van der Waals surface area (Å²) in [7, 11) is 0. The Kier molecular flexibility index (Phi) is 9.31. The highest BCUT2D eigenvalue weighted by atomic mass is 35.5. The SMILES string of the molecule is O=C(CN1CCCCC1)Nc1cc(CN2CCN(Cc3ccccc3)CC2)cc(Nc2ccnc3cc(Cl)ccc23)c1. The molecule has 2 aliphatic rings. The summed E-state index contributed by atoms with van der Waals surface area (Å²) < 4.78 is 0. The number of piperazine rings is 1. The van der Waals surface area contributed by atoms with Gasteiger partial charge in [0.05, 0.1) is 12.1 Å². The van der Waals surface area contributed by atoms with Crippen molar-refractivity contribution in [2.45, 2.75) is 32.4 Å². The normalized spacial score (nSPS) is 16.9. The molecule has 3 aromatic carbocycles. The predicted molar refractivity (Wildman–Crippen MR) is 172 cm³/mol. The van der Waals surface area contributed by atoms with E-state index in [-0.39, 0.29) is 5.91 Å². The standard InChI is InChI=1S/C34H39ClN6O/c35-28-9-10-31-32(11-12-36-33(31)21-28)37-29-19-27(20-30(22-29)38-34(42)25-39-13-5-2-6-14-39)24-41-17-15-40(16-18-41)23-26-7-3-1-4-8-26/h1,3-4,7-12,19-22H,2,5-6,13-18,23-25H2,(H,36,37)(H,38,42). The summed E-state index contributed by atoms with van der Waals surface area (Å²) >= 11 is 6.22. The molecule has 0 spiro atoms. The Morgan fingerprint density at radius 2 is 1.45 bits per heavy atom. The maximum atomic E-state index is 13.0. The largest absolute Gasteiger partial charge is 0.355 e. The Morgan fingerprint density at radius 1 is 0.738 bits per heavy atom. The van der Waals surface area contributed by atoms with Crippen molar-refractivity contribution >= 4 is 45.5 Å². The first-order valence-electron chi connectivity index (χ1n) is 15.0. The Hall–Kier alpha value is -3.49. The van der Waals surface area contributed by atoms with Crippen LogP contribution in [0.25, 0.3) is 10.9 Å². The molecule has 2 saturated heterocycles. The van der Waals surface area contributed by atoms with Gasteiger partial charge in [-0.3, -0.25) is 24.5 Å². The topological polar surface area (TPSA) is 63.7 Å². The highest BCUT2D eigenvalue weighted by molar-refractivity contribution is 6.31. The van der Waals surface area contributed by atoms with E-state index in [1.807, 2.05) is 30.3 Å². The van der Waals surface area contributed by atoms with Crippen molar-refractivity contribution in [2.75, 3.05) is 56.4 Å². The van der Waals surface area contributed by atoms with Crippen LogP contribution in [0.15, 0.2) is 79.0 Å². The van der Waals surface area contributed by atoms with E-state index < -0.39 is 0 Å². The fraction of sp³-hybridized carbons (Fsp3) is 0.353. The maximum Gasteiger partial charge on any atom is 0.238 e. The molecule has 2 fully saturated rings. The molecule has 0 unspecified atom stereocenters. The summed E-state index contributed by atoms with van der Waals surface area (Å²) in [6.07, 6.45) is 5.38. The maximum absolute atomic E-state index is 13.0. The number of hydrogen-bond donors (Lipinski definition) is 2. The number of amides is 1. The summed E-state index contributed by atoms with van der Waals surface area (Å²) in [4.78, 5) is 24.8. The highest BCUT2D eigenvalue weighted by Gasteiger charge is 2.19. The third kappa shape index (κ3) is 7.66. The van der Waals surface area contributed by atoms with E-state index in [0.717, 1.165) is 80.3 Å². The van der Waals surface area contributed by atoms with Crippen LogP contribution >= 0.6 is 11.6 Å². The summed E-state index contributed by atoms with van der Waals surface area (Å²) in [6, 6.07) is 24.8. The Balaban J connectivity index is 1.17. The van der Waals surface area contributed by atoms with E-state index in [1.54, 1.807) is 6.20 Å². The van der Waals surface area contributed by atoms with E-state index in [4.69, 9.17) is 11.6 Å². The smallest absolute Gasteiger partial charge is 0.238 e. The zero-order valence-electron chi connectivity index (χ0n) is 24.1. The molecule has 1 aromatic heterocycles. The lowest BCUT2D eigenvalue weighted by Gasteiger charge is -2.35. The molecule has 0 aliphatic carbocycles. The van der Waals surface area contributed by atoms with Crippen LogP contribution in [-0.4, -0.2) is 71.4 Å². The number of aromatic nitrogens is 1. The molecule has 1 amide bonds. The van der Waals surface area contributed by atoms with Crippen LogP contribution in [0.5, 0.6) is 0 Å². The number of carbonyl (C=O) groups is 1. The second-order valence-electron chi connectivity index (χ2n) is 11.5. The minimum Gasteiger partial charge on any atom is -0.355 e. The van der Waals surface area contributed by atoms with Gasteiger partial charge in [-0.05, 0) is 79.5 Å². The van der Waals surface area contributed by atoms with Crippen LogP contribution in [0.4, 0.5) is 17.1 Å². The number of halogens is 1. The van der Waals surface area contributed by atoms with E-state index in [1.165, 1.54) is 30.4 Å². The average molecular weight is 583 g/mol. The van der Waals surface area contributed by atoms with Crippen LogP contribution < -0.4 is 10.6 Å². The number of pyridine rings is 1. The number of nitrogens with zero attached hydrogens (tertiary/aromatic N) is 4. The second kappa shape index (κ2) is 13.7. The fourth-order valence-corrected chi connectivity index (χ4v) is 6.21. The van der Waals surface area contributed by atoms with Crippen molar-refractivity contribution in [1.82, 2.24) is 19.7 Å². The summed E-state index contributed by atoms with van der Waals surface area (Å²) in [5.41, 5.74) is 6.08. The fourth-order valence-electron chi connectivity index (χ4n) is 6.04. The van der Waals surface area contributed by atoms with Crippen molar-refractivity contribution in [2.24, 2.45) is 0 Å². The van der Waals surface area contributed by atoms with Crippen molar-refractivity contribution in [3.05, 3.63) is 95.1 Å². The number of anilines is 3. The van der Waals surface area contributed by atoms with Gasteiger partial charge in [0.1, 0.15) is 0 Å². The van der Waals surface area contributed by atoms with Crippen LogP contribution in [0.1, 0.15) is 30.4 Å². The molecule has 2 N–H and O–H groups in total. The van der Waals surface area contributed by atoms with Crippen LogP contribution in [0, 0.1) is 0 Å². The Morgan fingerprint density at radius 3 is 2.21 bits per heavy atom. The number of likely N-dealkylation sites (tertiary alicyclic amines) is 1. The monoisotopic (exact) mass is 582 g/mol. The van der Waals surface area contributed by atoms with Gasteiger partial charge in [0.15, 0.2) is 0 Å².